The Morgan fingerprint density at radius 1 is 1.30 bits per heavy atom. The van der Waals surface area contributed by atoms with Crippen LogP contribution >= 0.6 is 0 Å². The number of benzene rings is 1. The van der Waals surface area contributed by atoms with Crippen LogP contribution in [0.15, 0.2) is 36.7 Å². The molecule has 100 valence electrons. The molecule has 0 amide bonds. The molecule has 1 aliphatic rings. The maximum atomic E-state index is 6.16. The monoisotopic (exact) mass is 263 g/mol. The molecule has 3 heteroatoms. The van der Waals surface area contributed by atoms with Gasteiger partial charge in [0.05, 0.1) is 0 Å². The lowest BCUT2D eigenvalue weighted by Crippen LogP contribution is -2.04. The molecule has 2 aromatic heterocycles. The van der Waals surface area contributed by atoms with Crippen LogP contribution in [-0.2, 0) is 6.42 Å². The number of H-pyrrole nitrogens is 1. The van der Waals surface area contributed by atoms with Crippen molar-refractivity contribution in [3.8, 4) is 11.3 Å². The summed E-state index contributed by atoms with van der Waals surface area (Å²) in [5.41, 5.74) is 13.7. The molecule has 0 fully saturated rings. The van der Waals surface area contributed by atoms with Gasteiger partial charge in [-0.05, 0) is 54.7 Å². The van der Waals surface area contributed by atoms with Crippen LogP contribution in [0.5, 0.6) is 0 Å². The molecule has 0 aliphatic heterocycles. The van der Waals surface area contributed by atoms with Crippen molar-refractivity contribution in [1.29, 1.82) is 0 Å². The summed E-state index contributed by atoms with van der Waals surface area (Å²) >= 11 is 0. The standard InChI is InChI=1S/C17H17N3/c1-10-9-19-7-6-11(10)17-8-14-12-2-4-15(18)13(12)3-5-16(14)20-17/h3,5-9,15,20H,2,4,18H2,1H3/t15-/m1/s1. The number of aromatic amines is 1. The van der Waals surface area contributed by atoms with E-state index in [-0.39, 0.29) is 6.04 Å². The van der Waals surface area contributed by atoms with E-state index in [9.17, 15) is 0 Å². The number of hydrogen-bond acceptors (Lipinski definition) is 2. The van der Waals surface area contributed by atoms with E-state index in [1.807, 2.05) is 12.4 Å². The first-order valence-corrected chi connectivity index (χ1v) is 7.05. The third-order valence-corrected chi connectivity index (χ3v) is 4.37. The van der Waals surface area contributed by atoms with Gasteiger partial charge in [0.1, 0.15) is 0 Å². The minimum atomic E-state index is 0.204. The van der Waals surface area contributed by atoms with Gasteiger partial charge in [-0.3, -0.25) is 4.98 Å². The summed E-state index contributed by atoms with van der Waals surface area (Å²) in [4.78, 5) is 7.69. The number of aryl methyl sites for hydroxylation is 2. The minimum absolute atomic E-state index is 0.204. The van der Waals surface area contributed by atoms with Crippen LogP contribution in [0, 0.1) is 6.92 Å². The van der Waals surface area contributed by atoms with E-state index in [0.29, 0.717) is 0 Å². The molecule has 0 spiro atoms. The highest BCUT2D eigenvalue weighted by Crippen LogP contribution is 2.36. The normalized spacial score (nSPS) is 17.6. The molecule has 3 nitrogen and oxygen atoms in total. The SMILES string of the molecule is Cc1cnccc1-c1cc2c3c(ccc2[nH]1)[C@H](N)CC3. The Hall–Kier alpha value is -2.13. The van der Waals surface area contributed by atoms with Gasteiger partial charge in [-0.25, -0.2) is 0 Å². The fourth-order valence-electron chi connectivity index (χ4n) is 3.28. The Labute approximate surface area is 117 Å². The molecule has 0 unspecified atom stereocenters. The Morgan fingerprint density at radius 2 is 2.20 bits per heavy atom. The Bertz CT molecular complexity index is 801. The average molecular weight is 263 g/mol. The van der Waals surface area contributed by atoms with Gasteiger partial charge >= 0.3 is 0 Å². The summed E-state index contributed by atoms with van der Waals surface area (Å²) in [6.45, 7) is 2.09. The molecule has 3 N–H and O–H groups in total. The predicted molar refractivity (Wildman–Crippen MR) is 81.5 cm³/mol. The van der Waals surface area contributed by atoms with E-state index in [0.717, 1.165) is 18.5 Å². The van der Waals surface area contributed by atoms with Crippen molar-refractivity contribution in [2.45, 2.75) is 25.8 Å². The number of pyridine rings is 1. The van der Waals surface area contributed by atoms with E-state index in [1.165, 1.54) is 33.2 Å². The summed E-state index contributed by atoms with van der Waals surface area (Å²) in [6, 6.07) is 8.85. The number of nitrogens with zero attached hydrogens (tertiary/aromatic N) is 1. The molecule has 0 saturated carbocycles. The van der Waals surface area contributed by atoms with Gasteiger partial charge in [-0.2, -0.15) is 0 Å². The molecular formula is C17H17N3. The van der Waals surface area contributed by atoms with E-state index >= 15 is 0 Å². The van der Waals surface area contributed by atoms with Gasteiger partial charge in [0.25, 0.3) is 0 Å². The molecule has 2 heterocycles. The molecule has 1 atom stereocenters. The first-order valence-electron chi connectivity index (χ1n) is 7.05. The summed E-state index contributed by atoms with van der Waals surface area (Å²) in [6.07, 6.45) is 5.89. The largest absolute Gasteiger partial charge is 0.355 e. The number of rotatable bonds is 1. The Morgan fingerprint density at radius 3 is 3.05 bits per heavy atom. The topological polar surface area (TPSA) is 54.7 Å². The molecule has 1 aromatic carbocycles. The first-order chi connectivity index (χ1) is 9.74. The zero-order valence-electron chi connectivity index (χ0n) is 11.5. The summed E-state index contributed by atoms with van der Waals surface area (Å²) in [5, 5.41) is 1.32. The maximum Gasteiger partial charge on any atom is 0.0468 e. The molecule has 3 aromatic rings. The highest BCUT2D eigenvalue weighted by Gasteiger charge is 2.21. The fourth-order valence-corrected chi connectivity index (χ4v) is 3.28. The van der Waals surface area contributed by atoms with E-state index in [4.69, 9.17) is 5.73 Å². The number of aromatic nitrogens is 2. The number of nitrogens with two attached hydrogens (primary N) is 1. The van der Waals surface area contributed by atoms with Gasteiger partial charge < -0.3 is 10.7 Å². The second kappa shape index (κ2) is 4.18. The number of nitrogens with one attached hydrogen (secondary N) is 1. The van der Waals surface area contributed by atoms with Crippen LogP contribution < -0.4 is 5.73 Å². The molecule has 0 saturated heterocycles. The van der Waals surface area contributed by atoms with Gasteiger partial charge in [0.2, 0.25) is 0 Å². The van der Waals surface area contributed by atoms with E-state index in [2.05, 4.69) is 41.2 Å². The molecule has 1 aliphatic carbocycles. The predicted octanol–water partition coefficient (Wildman–Crippen LogP) is 3.48. The highest BCUT2D eigenvalue weighted by molar-refractivity contribution is 5.90. The summed E-state index contributed by atoms with van der Waals surface area (Å²) in [5.74, 6) is 0. The van der Waals surface area contributed by atoms with E-state index < -0.39 is 0 Å². The average Bonchev–Trinajstić information content (AvgIpc) is 3.03. The Balaban J connectivity index is 1.95. The summed E-state index contributed by atoms with van der Waals surface area (Å²) < 4.78 is 0. The smallest absolute Gasteiger partial charge is 0.0468 e. The lowest BCUT2D eigenvalue weighted by atomic mass is 10.0. The third kappa shape index (κ3) is 1.60. The summed E-state index contributed by atoms with van der Waals surface area (Å²) in [7, 11) is 0. The molecule has 20 heavy (non-hydrogen) atoms. The molecule has 4 rings (SSSR count). The van der Waals surface area contributed by atoms with Crippen molar-refractivity contribution in [2.24, 2.45) is 5.73 Å². The van der Waals surface area contributed by atoms with Crippen LogP contribution in [0.4, 0.5) is 0 Å². The lowest BCUT2D eigenvalue weighted by molar-refractivity contribution is 0.713. The number of fused-ring (bicyclic) bond motifs is 3. The van der Waals surface area contributed by atoms with Gasteiger partial charge in [0, 0.05) is 40.6 Å². The fraction of sp³-hybridized carbons (Fsp3) is 0.235. The maximum absolute atomic E-state index is 6.16. The minimum Gasteiger partial charge on any atom is -0.355 e. The van der Waals surface area contributed by atoms with Crippen molar-refractivity contribution in [3.05, 3.63) is 53.3 Å². The van der Waals surface area contributed by atoms with Crippen LogP contribution in [0.25, 0.3) is 22.2 Å². The van der Waals surface area contributed by atoms with Crippen LogP contribution in [0.1, 0.15) is 29.2 Å². The quantitative estimate of drug-likeness (QED) is 0.706. The van der Waals surface area contributed by atoms with Gasteiger partial charge in [0.15, 0.2) is 0 Å². The molecule has 0 radical (unpaired) electrons. The van der Waals surface area contributed by atoms with Crippen LogP contribution in [-0.4, -0.2) is 9.97 Å². The van der Waals surface area contributed by atoms with Gasteiger partial charge in [-0.1, -0.05) is 6.07 Å². The van der Waals surface area contributed by atoms with Gasteiger partial charge in [-0.15, -0.1) is 0 Å². The van der Waals surface area contributed by atoms with E-state index in [1.54, 1.807) is 0 Å². The van der Waals surface area contributed by atoms with Crippen molar-refractivity contribution in [1.82, 2.24) is 9.97 Å². The van der Waals surface area contributed by atoms with Crippen LogP contribution in [0.2, 0.25) is 0 Å². The lowest BCUT2D eigenvalue weighted by Gasteiger charge is -2.04. The second-order valence-electron chi connectivity index (χ2n) is 5.61. The van der Waals surface area contributed by atoms with Crippen molar-refractivity contribution in [3.63, 3.8) is 0 Å². The van der Waals surface area contributed by atoms with Crippen LogP contribution in [0.3, 0.4) is 0 Å². The first kappa shape index (κ1) is 11.7. The zero-order chi connectivity index (χ0) is 13.7. The third-order valence-electron chi connectivity index (χ3n) is 4.37. The van der Waals surface area contributed by atoms with Crippen molar-refractivity contribution < 1.29 is 0 Å². The van der Waals surface area contributed by atoms with Crippen molar-refractivity contribution in [2.75, 3.05) is 0 Å². The zero-order valence-corrected chi connectivity index (χ0v) is 11.5. The molecular weight excluding hydrogens is 246 g/mol. The highest BCUT2D eigenvalue weighted by atomic mass is 14.7. The van der Waals surface area contributed by atoms with Crippen molar-refractivity contribution >= 4 is 10.9 Å². The molecule has 0 bridgehead atoms. The second-order valence-corrected chi connectivity index (χ2v) is 5.61. The Kier molecular flexibility index (Phi) is 2.44. The number of hydrogen-bond donors (Lipinski definition) is 2.